The highest BCUT2D eigenvalue weighted by molar-refractivity contribution is 7.51. The van der Waals surface area contributed by atoms with Gasteiger partial charge in [-0.1, -0.05) is 138 Å². The molecule has 59 heavy (non-hydrogen) atoms. The van der Waals surface area contributed by atoms with Crippen LogP contribution in [0.4, 0.5) is 22.7 Å². The normalized spacial score (nSPS) is 12.4. The first-order valence-corrected chi connectivity index (χ1v) is 22.0. The van der Waals surface area contributed by atoms with Gasteiger partial charge in [0.2, 0.25) is 0 Å². The number of anilines is 4. The topological polar surface area (TPSA) is 138 Å². The Morgan fingerprint density at radius 1 is 0.339 bits per heavy atom. The van der Waals surface area contributed by atoms with Crippen molar-refractivity contribution in [2.24, 2.45) is 0 Å². The van der Waals surface area contributed by atoms with Crippen molar-refractivity contribution in [1.29, 1.82) is 0 Å². The van der Waals surface area contributed by atoms with Crippen molar-refractivity contribution in [3.8, 4) is 22.3 Å². The molecule has 0 spiro atoms. The Kier molecular flexibility index (Phi) is 16.5. The number of hydrogen-bond acceptors (Lipinski definition) is 6. The highest BCUT2D eigenvalue weighted by atomic mass is 32.1. The molecule has 8 N–H and O–H groups in total. The minimum atomic E-state index is -0.750. The Morgan fingerprint density at radius 3 is 0.576 bits per heavy atom. The molecular formula is C52H80N4O2S. The van der Waals surface area contributed by atoms with E-state index in [1.54, 1.807) is 0 Å². The fourth-order valence-corrected chi connectivity index (χ4v) is 7.76. The third-order valence-electron chi connectivity index (χ3n) is 11.2. The molecule has 0 fully saturated rings. The van der Waals surface area contributed by atoms with Crippen molar-refractivity contribution < 1.29 is 8.42 Å². The Balaban J connectivity index is 0.000000381. The maximum absolute atomic E-state index is 8.29. The fraction of sp³-hybridized carbons (Fsp3) is 0.538. The summed E-state index contributed by atoms with van der Waals surface area (Å²) in [6.07, 6.45) is 0. The van der Waals surface area contributed by atoms with Gasteiger partial charge in [0, 0.05) is 22.7 Å². The van der Waals surface area contributed by atoms with Gasteiger partial charge in [-0.2, -0.15) is 8.42 Å². The van der Waals surface area contributed by atoms with Crippen LogP contribution in [-0.2, 0) is 33.2 Å². The summed E-state index contributed by atoms with van der Waals surface area (Å²) in [5.41, 5.74) is 44.8. The van der Waals surface area contributed by atoms with E-state index in [4.69, 9.17) is 31.4 Å². The summed E-state index contributed by atoms with van der Waals surface area (Å²) in [5, 5.41) is 0. The second-order valence-electron chi connectivity index (χ2n) is 21.8. The molecule has 0 amide bonds. The summed E-state index contributed by atoms with van der Waals surface area (Å²) in [5.74, 6) is 1.51. The van der Waals surface area contributed by atoms with Gasteiger partial charge in [0.15, 0.2) is 0 Å². The Labute approximate surface area is 363 Å². The molecule has 0 atom stereocenters. The molecule has 0 bridgehead atoms. The first-order valence-electron chi connectivity index (χ1n) is 21.4. The fourth-order valence-electron chi connectivity index (χ4n) is 7.76. The van der Waals surface area contributed by atoms with Crippen molar-refractivity contribution in [3.05, 3.63) is 93.0 Å². The number of benzene rings is 4. The molecular weight excluding hydrogens is 745 g/mol. The van der Waals surface area contributed by atoms with Gasteiger partial charge < -0.3 is 22.9 Å². The number of hydrogen-bond donors (Lipinski definition) is 4. The lowest BCUT2D eigenvalue weighted by atomic mass is 9.78. The molecule has 4 rings (SSSR count). The maximum Gasteiger partial charge on any atom is 0.335 e. The Hall–Kier alpha value is -4.10. The van der Waals surface area contributed by atoms with Crippen molar-refractivity contribution in [3.63, 3.8) is 0 Å². The second-order valence-corrected chi connectivity index (χ2v) is 21.9. The van der Waals surface area contributed by atoms with Gasteiger partial charge in [0.05, 0.1) is 0 Å². The number of nitrogen functional groups attached to an aromatic ring is 4. The predicted molar refractivity (Wildman–Crippen MR) is 261 cm³/mol. The monoisotopic (exact) mass is 825 g/mol. The molecule has 0 radical (unpaired) electrons. The van der Waals surface area contributed by atoms with Crippen LogP contribution in [0.15, 0.2) is 48.5 Å². The molecule has 0 saturated carbocycles. The smallest absolute Gasteiger partial charge is 0.335 e. The zero-order valence-electron chi connectivity index (χ0n) is 40.5. The lowest BCUT2D eigenvalue weighted by Gasteiger charge is -2.28. The molecule has 0 aliphatic carbocycles. The minimum Gasteiger partial charge on any atom is -0.398 e. The van der Waals surface area contributed by atoms with Gasteiger partial charge in [-0.05, 0) is 161 Å². The van der Waals surface area contributed by atoms with E-state index in [0.29, 0.717) is 23.7 Å². The predicted octanol–water partition coefficient (Wildman–Crippen LogP) is 14.0. The molecule has 326 valence electrons. The van der Waals surface area contributed by atoms with Crippen LogP contribution in [0.3, 0.4) is 0 Å². The summed E-state index contributed by atoms with van der Waals surface area (Å²) in [6.45, 7) is 44.5. The van der Waals surface area contributed by atoms with Gasteiger partial charge in [-0.25, -0.2) is 0 Å². The van der Waals surface area contributed by atoms with Crippen LogP contribution in [0.25, 0.3) is 22.3 Å². The molecule has 0 aromatic heterocycles. The van der Waals surface area contributed by atoms with E-state index in [1.807, 2.05) is 0 Å². The summed E-state index contributed by atoms with van der Waals surface area (Å²) in [4.78, 5) is 0. The third kappa shape index (κ3) is 12.5. The van der Waals surface area contributed by atoms with E-state index < -0.39 is 11.6 Å². The van der Waals surface area contributed by atoms with Crippen molar-refractivity contribution >= 4 is 34.3 Å². The molecule has 6 nitrogen and oxygen atoms in total. The summed E-state index contributed by atoms with van der Waals surface area (Å²) < 4.78 is 16.6. The van der Waals surface area contributed by atoms with Crippen molar-refractivity contribution in [2.75, 3.05) is 22.9 Å². The van der Waals surface area contributed by atoms with Gasteiger partial charge >= 0.3 is 11.6 Å². The minimum absolute atomic E-state index is 0.00865. The van der Waals surface area contributed by atoms with E-state index in [9.17, 15) is 0 Å². The van der Waals surface area contributed by atoms with Gasteiger partial charge in [0.1, 0.15) is 0 Å². The second kappa shape index (κ2) is 19.1. The average Bonchev–Trinajstić information content (AvgIpc) is 3.06. The molecule has 7 heteroatoms. The first-order chi connectivity index (χ1) is 26.7. The zero-order chi connectivity index (χ0) is 45.9. The Morgan fingerprint density at radius 2 is 0.475 bits per heavy atom. The number of rotatable bonds is 6. The van der Waals surface area contributed by atoms with Gasteiger partial charge in [0.25, 0.3) is 0 Å². The third-order valence-corrected chi connectivity index (χ3v) is 11.2. The number of nitrogens with two attached hydrogens (primary N) is 4. The molecule has 0 heterocycles. The average molecular weight is 825 g/mol. The van der Waals surface area contributed by atoms with E-state index >= 15 is 0 Å². The standard InChI is InChI=1S/2C26H40N2.O2S/c2*1-15(2)19-11-17(13-21(23(19)27)25(5,6)7)18-12-20(16(3)4)24(28)22(14-18)26(8,9)10;1-3-2/h2*11-16H,27-28H2,1-10H3;. The van der Waals surface area contributed by atoms with E-state index in [-0.39, 0.29) is 21.7 Å². The van der Waals surface area contributed by atoms with Crippen molar-refractivity contribution in [1.82, 2.24) is 0 Å². The summed E-state index contributed by atoms with van der Waals surface area (Å²) in [7, 11) is 0. The van der Waals surface area contributed by atoms with Crippen LogP contribution in [0.5, 0.6) is 0 Å². The maximum atomic E-state index is 8.29. The summed E-state index contributed by atoms with van der Waals surface area (Å²) in [6, 6.07) is 18.2. The highest BCUT2D eigenvalue weighted by Crippen LogP contribution is 2.43. The largest absolute Gasteiger partial charge is 0.398 e. The summed E-state index contributed by atoms with van der Waals surface area (Å²) >= 11 is -0.750. The van der Waals surface area contributed by atoms with E-state index in [0.717, 1.165) is 22.7 Å². The first kappa shape index (κ1) is 51.0. The van der Waals surface area contributed by atoms with E-state index in [2.05, 4.69) is 187 Å². The zero-order valence-corrected chi connectivity index (χ0v) is 41.3. The van der Waals surface area contributed by atoms with Crippen LogP contribution >= 0.6 is 0 Å². The van der Waals surface area contributed by atoms with Gasteiger partial charge in [-0.3, -0.25) is 0 Å². The molecule has 0 saturated heterocycles. The lowest BCUT2D eigenvalue weighted by Crippen LogP contribution is -2.17. The van der Waals surface area contributed by atoms with Crippen LogP contribution in [0.1, 0.15) is 207 Å². The van der Waals surface area contributed by atoms with Gasteiger partial charge in [-0.15, -0.1) is 0 Å². The molecule has 0 aliphatic rings. The van der Waals surface area contributed by atoms with E-state index in [1.165, 1.54) is 66.8 Å². The SMILES string of the molecule is CC(C)c1cc(-c2cc(C(C)C)c(N)c(C(C)(C)C)c2)cc(C(C)(C)C)c1N.CC(C)c1cc(-c2cc(C(C)C)c(N)c(C(C)(C)C)c2)cc(C(C)(C)C)c1N.O=S=O. The molecule has 0 unspecified atom stereocenters. The van der Waals surface area contributed by atoms with Crippen molar-refractivity contribution in [2.45, 2.75) is 184 Å². The highest BCUT2D eigenvalue weighted by Gasteiger charge is 2.27. The van der Waals surface area contributed by atoms with Crippen LogP contribution in [0.2, 0.25) is 0 Å². The lowest BCUT2D eigenvalue weighted by molar-refractivity contribution is 0.590. The van der Waals surface area contributed by atoms with Crippen LogP contribution in [0, 0.1) is 0 Å². The van der Waals surface area contributed by atoms with Crippen LogP contribution in [-0.4, -0.2) is 8.42 Å². The quantitative estimate of drug-likeness (QED) is 0.143. The molecule has 0 aliphatic heterocycles. The Bertz CT molecular complexity index is 1830. The molecule has 4 aromatic carbocycles. The van der Waals surface area contributed by atoms with Crippen LogP contribution < -0.4 is 22.9 Å². The molecule has 4 aromatic rings.